The lowest BCUT2D eigenvalue weighted by atomic mass is 10.1. The molecule has 0 radical (unpaired) electrons. The number of carbonyl (C=O) groups is 1. The molecule has 0 spiro atoms. The van der Waals surface area contributed by atoms with Gasteiger partial charge in [-0.2, -0.15) is 5.10 Å². The Bertz CT molecular complexity index is 1460. The van der Waals surface area contributed by atoms with E-state index in [1.54, 1.807) is 10.7 Å². The van der Waals surface area contributed by atoms with Crippen molar-refractivity contribution < 1.29 is 14.3 Å². The van der Waals surface area contributed by atoms with Gasteiger partial charge in [0.2, 0.25) is 0 Å². The van der Waals surface area contributed by atoms with E-state index in [0.717, 1.165) is 52.5 Å². The first-order valence-electron chi connectivity index (χ1n) is 13.2. The minimum absolute atomic E-state index is 0.218. The first-order valence-corrected chi connectivity index (χ1v) is 13.2. The summed E-state index contributed by atoms with van der Waals surface area (Å²) in [6, 6.07) is 12.0. The second kappa shape index (κ2) is 11.5. The number of carbonyl (C=O) groups excluding carboxylic acids is 1. The van der Waals surface area contributed by atoms with Crippen molar-refractivity contribution in [3.05, 3.63) is 65.1 Å². The number of aromatic nitrogens is 3. The van der Waals surface area contributed by atoms with Crippen molar-refractivity contribution >= 4 is 22.9 Å². The fourth-order valence-corrected chi connectivity index (χ4v) is 4.73. The summed E-state index contributed by atoms with van der Waals surface area (Å²) >= 11 is 0. The van der Waals surface area contributed by atoms with Crippen LogP contribution in [0.3, 0.4) is 0 Å². The Morgan fingerprint density at radius 3 is 2.32 bits per heavy atom. The molecule has 4 aromatic rings. The van der Waals surface area contributed by atoms with Gasteiger partial charge in [-0.15, -0.1) is 0 Å². The van der Waals surface area contributed by atoms with E-state index < -0.39 is 0 Å². The maximum absolute atomic E-state index is 13.3. The van der Waals surface area contributed by atoms with Gasteiger partial charge in [-0.05, 0) is 89.9 Å². The molecule has 0 bridgehead atoms. The van der Waals surface area contributed by atoms with Crippen molar-refractivity contribution in [2.24, 2.45) is 0 Å². The van der Waals surface area contributed by atoms with Crippen LogP contribution in [0, 0.1) is 20.8 Å². The second-order valence-electron chi connectivity index (χ2n) is 9.11. The zero-order valence-corrected chi connectivity index (χ0v) is 23.4. The van der Waals surface area contributed by atoms with Crippen molar-refractivity contribution in [2.75, 3.05) is 36.5 Å². The number of ether oxygens (including phenoxy) is 2. The van der Waals surface area contributed by atoms with E-state index >= 15 is 0 Å². The van der Waals surface area contributed by atoms with Crippen molar-refractivity contribution in [3.8, 4) is 22.6 Å². The normalized spacial score (nSPS) is 11.0. The van der Waals surface area contributed by atoms with Gasteiger partial charge in [0.25, 0.3) is 5.91 Å². The molecule has 1 amide bonds. The molecule has 2 aromatic carbocycles. The van der Waals surface area contributed by atoms with Gasteiger partial charge in [0, 0.05) is 36.2 Å². The van der Waals surface area contributed by atoms with Crippen LogP contribution >= 0.6 is 0 Å². The number of aryl methyl sites for hydroxylation is 3. The molecule has 8 heteroatoms. The lowest BCUT2D eigenvalue weighted by Gasteiger charge is -2.22. The third-order valence-electron chi connectivity index (χ3n) is 6.72. The predicted molar refractivity (Wildman–Crippen MR) is 153 cm³/mol. The Balaban J connectivity index is 1.67. The molecule has 0 aliphatic heterocycles. The van der Waals surface area contributed by atoms with E-state index in [9.17, 15) is 4.79 Å². The monoisotopic (exact) mass is 515 g/mol. The molecule has 0 saturated heterocycles. The number of nitrogens with one attached hydrogen (secondary N) is 1. The molecule has 8 nitrogen and oxygen atoms in total. The molecule has 0 fully saturated rings. The number of rotatable bonds is 10. The van der Waals surface area contributed by atoms with Crippen molar-refractivity contribution in [1.82, 2.24) is 14.6 Å². The maximum atomic E-state index is 13.3. The molecule has 0 saturated carbocycles. The minimum atomic E-state index is -0.218. The van der Waals surface area contributed by atoms with Crippen molar-refractivity contribution in [2.45, 2.75) is 48.5 Å². The molecule has 1 N–H and O–H groups in total. The molecule has 4 rings (SSSR count). The first kappa shape index (κ1) is 27.0. The van der Waals surface area contributed by atoms with E-state index in [-0.39, 0.29) is 5.91 Å². The highest BCUT2D eigenvalue weighted by atomic mass is 16.5. The Morgan fingerprint density at radius 2 is 1.66 bits per heavy atom. The topological polar surface area (TPSA) is 81.0 Å². The largest absolute Gasteiger partial charge is 0.490 e. The summed E-state index contributed by atoms with van der Waals surface area (Å²) in [7, 11) is 0. The van der Waals surface area contributed by atoms with Crippen LogP contribution in [0.4, 0.5) is 11.4 Å². The summed E-state index contributed by atoms with van der Waals surface area (Å²) in [6.45, 7) is 17.0. The molecular formula is C30H37N5O3. The smallest absolute Gasteiger partial charge is 0.259 e. The van der Waals surface area contributed by atoms with Gasteiger partial charge in [-0.1, -0.05) is 6.07 Å². The van der Waals surface area contributed by atoms with Crippen LogP contribution in [0.1, 0.15) is 55.0 Å². The zero-order valence-electron chi connectivity index (χ0n) is 23.4. The molecule has 2 aromatic heterocycles. The minimum Gasteiger partial charge on any atom is -0.490 e. The number of fused-ring (bicyclic) bond motifs is 1. The molecule has 2 heterocycles. The fraction of sp³-hybridized carbons (Fsp3) is 0.367. The summed E-state index contributed by atoms with van der Waals surface area (Å²) in [6.07, 6.45) is 1.63. The number of benzene rings is 2. The predicted octanol–water partition coefficient (Wildman–Crippen LogP) is 6.22. The van der Waals surface area contributed by atoms with Crippen LogP contribution in [-0.2, 0) is 0 Å². The molecule has 0 aliphatic carbocycles. The standard InChI is InChI=1S/C30H37N5O3/c1-8-34(9-2)23-13-14-25(19(5)16-23)32-30(36)24-18-31-29-28(20(6)33-35(29)21(24)7)22-12-15-26(37-10-3)27(17-22)38-11-4/h12-18H,8-11H2,1-7H3,(H,32,36). The van der Waals surface area contributed by atoms with Gasteiger partial charge < -0.3 is 19.7 Å². The zero-order chi connectivity index (χ0) is 27.4. The lowest BCUT2D eigenvalue weighted by Crippen LogP contribution is -2.22. The summed E-state index contributed by atoms with van der Waals surface area (Å²) in [5.41, 5.74) is 7.44. The summed E-state index contributed by atoms with van der Waals surface area (Å²) in [5.74, 6) is 1.17. The molecule has 200 valence electrons. The number of nitrogens with zero attached hydrogens (tertiary/aromatic N) is 4. The Labute approximate surface area is 224 Å². The number of hydrogen-bond acceptors (Lipinski definition) is 6. The van der Waals surface area contributed by atoms with Crippen LogP contribution in [0.5, 0.6) is 11.5 Å². The highest BCUT2D eigenvalue weighted by molar-refractivity contribution is 6.05. The van der Waals surface area contributed by atoms with Crippen molar-refractivity contribution in [3.63, 3.8) is 0 Å². The fourth-order valence-electron chi connectivity index (χ4n) is 4.73. The highest BCUT2D eigenvalue weighted by Gasteiger charge is 2.20. The molecule has 0 unspecified atom stereocenters. The summed E-state index contributed by atoms with van der Waals surface area (Å²) in [4.78, 5) is 20.3. The van der Waals surface area contributed by atoms with Crippen LogP contribution < -0.4 is 19.7 Å². The Morgan fingerprint density at radius 1 is 0.947 bits per heavy atom. The van der Waals surface area contributed by atoms with Gasteiger partial charge in [0.15, 0.2) is 17.1 Å². The first-order chi connectivity index (χ1) is 18.3. The highest BCUT2D eigenvalue weighted by Crippen LogP contribution is 2.36. The van der Waals surface area contributed by atoms with Crippen LogP contribution in [-0.4, -0.2) is 46.8 Å². The van der Waals surface area contributed by atoms with Gasteiger partial charge in [-0.25, -0.2) is 9.50 Å². The third-order valence-corrected chi connectivity index (χ3v) is 6.72. The molecule has 0 aliphatic rings. The lowest BCUT2D eigenvalue weighted by molar-refractivity contribution is 0.102. The summed E-state index contributed by atoms with van der Waals surface area (Å²) in [5, 5.41) is 7.80. The van der Waals surface area contributed by atoms with E-state index in [2.05, 4.69) is 35.1 Å². The van der Waals surface area contributed by atoms with E-state index in [0.29, 0.717) is 35.9 Å². The number of amides is 1. The van der Waals surface area contributed by atoms with Gasteiger partial charge in [0.1, 0.15) is 0 Å². The average molecular weight is 516 g/mol. The molecular weight excluding hydrogens is 478 g/mol. The Kier molecular flexibility index (Phi) is 8.20. The summed E-state index contributed by atoms with van der Waals surface area (Å²) < 4.78 is 13.3. The van der Waals surface area contributed by atoms with E-state index in [1.165, 1.54) is 0 Å². The van der Waals surface area contributed by atoms with Crippen LogP contribution in [0.2, 0.25) is 0 Å². The van der Waals surface area contributed by atoms with Crippen molar-refractivity contribution in [1.29, 1.82) is 0 Å². The quantitative estimate of drug-likeness (QED) is 0.270. The second-order valence-corrected chi connectivity index (χ2v) is 9.11. The van der Waals surface area contributed by atoms with Crippen LogP contribution in [0.25, 0.3) is 16.8 Å². The average Bonchev–Trinajstić information content (AvgIpc) is 3.24. The van der Waals surface area contributed by atoms with Gasteiger partial charge in [-0.3, -0.25) is 4.79 Å². The Hall–Kier alpha value is -4.07. The van der Waals surface area contributed by atoms with Gasteiger partial charge in [0.05, 0.1) is 30.2 Å². The maximum Gasteiger partial charge on any atom is 0.259 e. The molecule has 0 atom stereocenters. The number of hydrogen-bond donors (Lipinski definition) is 1. The molecule has 38 heavy (non-hydrogen) atoms. The SMILES string of the molecule is CCOc1ccc(-c2c(C)nn3c(C)c(C(=O)Nc4ccc(N(CC)CC)cc4C)cnc23)cc1OCC. The van der Waals surface area contributed by atoms with E-state index in [4.69, 9.17) is 14.6 Å². The van der Waals surface area contributed by atoms with Gasteiger partial charge >= 0.3 is 0 Å². The van der Waals surface area contributed by atoms with E-state index in [1.807, 2.05) is 65.0 Å². The third kappa shape index (κ3) is 5.16. The van der Waals surface area contributed by atoms with Crippen LogP contribution in [0.15, 0.2) is 42.6 Å². The number of anilines is 2.